The van der Waals surface area contributed by atoms with Crippen molar-refractivity contribution >= 4 is 74.6 Å². The van der Waals surface area contributed by atoms with Gasteiger partial charge in [0.1, 0.15) is 0 Å². The maximum atomic E-state index is 2.35. The summed E-state index contributed by atoms with van der Waals surface area (Å²) in [6, 6.07) is 62.8. The molecule has 0 bridgehead atoms. The third-order valence-electron chi connectivity index (χ3n) is 9.85. The van der Waals surface area contributed by atoms with Gasteiger partial charge in [-0.15, -0.1) is 11.3 Å². The van der Waals surface area contributed by atoms with E-state index in [1.807, 2.05) is 11.3 Å². The van der Waals surface area contributed by atoms with E-state index in [1.165, 1.54) is 96.6 Å². The average molecular weight is 613 g/mol. The lowest BCUT2D eigenvalue weighted by molar-refractivity contribution is 1.63. The summed E-state index contributed by atoms with van der Waals surface area (Å²) in [6.07, 6.45) is 0. The third kappa shape index (κ3) is 4.28. The molecular formula is C46H28S. The molecule has 0 radical (unpaired) electrons. The van der Waals surface area contributed by atoms with Crippen LogP contribution in [0.3, 0.4) is 0 Å². The number of hydrogen-bond donors (Lipinski definition) is 0. The summed E-state index contributed by atoms with van der Waals surface area (Å²) in [5.41, 5.74) is 7.53. The maximum absolute atomic E-state index is 2.35. The van der Waals surface area contributed by atoms with E-state index in [4.69, 9.17) is 0 Å². The highest BCUT2D eigenvalue weighted by Gasteiger charge is 2.11. The number of fused-ring (bicyclic) bond motifs is 9. The van der Waals surface area contributed by atoms with Gasteiger partial charge in [0.05, 0.1) is 0 Å². The SMILES string of the molecule is c1ccc2c(c1)ccc1ccc(-c3ccc4c(ccc5cc(-c6ccc(-c7cccc8c7sc7ccccc78)cc6)ccc54)c3)cc12. The Morgan fingerprint density at radius 3 is 1.57 bits per heavy atom. The monoisotopic (exact) mass is 612 g/mol. The Kier molecular flexibility index (Phi) is 5.85. The largest absolute Gasteiger partial charge is 0.135 e. The standard InChI is InChI=1S/C46H28S/c1-2-7-38-30(6-1)16-17-32-18-19-35(28-44(32)38)34-23-25-40-37(27-34)21-20-36-26-33(22-24-39(36)40)29-12-14-31(15-13-29)41-9-5-10-43-42-8-3-4-11-45(42)47-46(41)43/h1-28H. The zero-order chi connectivity index (χ0) is 30.9. The fourth-order valence-corrected chi connectivity index (χ4v) is 8.67. The summed E-state index contributed by atoms with van der Waals surface area (Å²) in [6.45, 7) is 0. The first kappa shape index (κ1) is 26.5. The van der Waals surface area contributed by atoms with Gasteiger partial charge in [0.15, 0.2) is 0 Å². The van der Waals surface area contributed by atoms with E-state index in [1.54, 1.807) is 0 Å². The Balaban J connectivity index is 0.996. The second kappa shape index (κ2) is 10.4. The highest BCUT2D eigenvalue weighted by Crippen LogP contribution is 2.40. The van der Waals surface area contributed by atoms with Crippen LogP contribution in [0.5, 0.6) is 0 Å². The molecule has 0 N–H and O–H groups in total. The lowest BCUT2D eigenvalue weighted by atomic mass is 9.93. The van der Waals surface area contributed by atoms with Gasteiger partial charge in [-0.05, 0) is 101 Å². The van der Waals surface area contributed by atoms with Crippen molar-refractivity contribution in [3.05, 3.63) is 170 Å². The van der Waals surface area contributed by atoms with E-state index in [0.717, 1.165) is 0 Å². The average Bonchev–Trinajstić information content (AvgIpc) is 3.53. The van der Waals surface area contributed by atoms with E-state index in [-0.39, 0.29) is 0 Å². The summed E-state index contributed by atoms with van der Waals surface area (Å²) in [7, 11) is 0. The first-order valence-corrected chi connectivity index (χ1v) is 17.0. The first-order valence-electron chi connectivity index (χ1n) is 16.2. The second-order valence-electron chi connectivity index (χ2n) is 12.5. The molecule has 1 aromatic heterocycles. The van der Waals surface area contributed by atoms with Crippen LogP contribution in [0.1, 0.15) is 0 Å². The molecule has 0 aliphatic heterocycles. The fourth-order valence-electron chi connectivity index (χ4n) is 7.43. The van der Waals surface area contributed by atoms with Gasteiger partial charge in [-0.1, -0.05) is 146 Å². The summed E-state index contributed by atoms with van der Waals surface area (Å²) in [5, 5.41) is 12.9. The molecule has 0 spiro atoms. The molecule has 10 rings (SSSR count). The number of hydrogen-bond acceptors (Lipinski definition) is 1. The van der Waals surface area contributed by atoms with Gasteiger partial charge >= 0.3 is 0 Å². The normalized spacial score (nSPS) is 11.8. The lowest BCUT2D eigenvalue weighted by Gasteiger charge is -2.11. The Labute approximate surface area is 276 Å². The van der Waals surface area contributed by atoms with Crippen LogP contribution < -0.4 is 0 Å². The van der Waals surface area contributed by atoms with Crippen molar-refractivity contribution in [1.82, 2.24) is 0 Å². The van der Waals surface area contributed by atoms with Crippen LogP contribution in [-0.4, -0.2) is 0 Å². The van der Waals surface area contributed by atoms with Gasteiger partial charge in [-0.2, -0.15) is 0 Å². The molecule has 0 fully saturated rings. The molecule has 1 heteroatoms. The molecule has 9 aromatic carbocycles. The second-order valence-corrected chi connectivity index (χ2v) is 13.6. The van der Waals surface area contributed by atoms with E-state index >= 15 is 0 Å². The van der Waals surface area contributed by atoms with Crippen molar-refractivity contribution in [1.29, 1.82) is 0 Å². The summed E-state index contributed by atoms with van der Waals surface area (Å²) >= 11 is 1.89. The van der Waals surface area contributed by atoms with Crippen LogP contribution in [-0.2, 0) is 0 Å². The molecule has 10 aromatic rings. The minimum absolute atomic E-state index is 1.23. The summed E-state index contributed by atoms with van der Waals surface area (Å²) in [5.74, 6) is 0. The highest BCUT2D eigenvalue weighted by atomic mass is 32.1. The van der Waals surface area contributed by atoms with Crippen LogP contribution >= 0.6 is 11.3 Å². The predicted molar refractivity (Wildman–Crippen MR) is 206 cm³/mol. The molecule has 1 heterocycles. The zero-order valence-corrected chi connectivity index (χ0v) is 26.4. The molecule has 0 unspecified atom stereocenters. The van der Waals surface area contributed by atoms with E-state index in [2.05, 4.69) is 170 Å². The molecule has 0 saturated carbocycles. The van der Waals surface area contributed by atoms with Gasteiger partial charge in [0, 0.05) is 20.2 Å². The minimum Gasteiger partial charge on any atom is -0.135 e. The fraction of sp³-hybridized carbons (Fsp3) is 0. The minimum atomic E-state index is 1.23. The van der Waals surface area contributed by atoms with Crippen LogP contribution in [0.2, 0.25) is 0 Å². The molecule has 0 aliphatic carbocycles. The highest BCUT2D eigenvalue weighted by molar-refractivity contribution is 7.26. The van der Waals surface area contributed by atoms with Crippen molar-refractivity contribution in [3.8, 4) is 33.4 Å². The summed E-state index contributed by atoms with van der Waals surface area (Å²) in [4.78, 5) is 0. The smallest absolute Gasteiger partial charge is 0.0433 e. The molecule has 0 nitrogen and oxygen atoms in total. The van der Waals surface area contributed by atoms with Crippen molar-refractivity contribution < 1.29 is 0 Å². The molecule has 218 valence electrons. The Morgan fingerprint density at radius 1 is 0.277 bits per heavy atom. The van der Waals surface area contributed by atoms with Crippen molar-refractivity contribution in [3.63, 3.8) is 0 Å². The van der Waals surface area contributed by atoms with Gasteiger partial charge < -0.3 is 0 Å². The molecule has 0 aliphatic rings. The van der Waals surface area contributed by atoms with Crippen LogP contribution in [0.4, 0.5) is 0 Å². The van der Waals surface area contributed by atoms with Crippen LogP contribution in [0, 0.1) is 0 Å². The van der Waals surface area contributed by atoms with Gasteiger partial charge in [-0.3, -0.25) is 0 Å². The Morgan fingerprint density at radius 2 is 0.787 bits per heavy atom. The van der Waals surface area contributed by atoms with E-state index < -0.39 is 0 Å². The van der Waals surface area contributed by atoms with Gasteiger partial charge in [0.25, 0.3) is 0 Å². The topological polar surface area (TPSA) is 0 Å². The van der Waals surface area contributed by atoms with E-state index in [9.17, 15) is 0 Å². The predicted octanol–water partition coefficient (Wildman–Crippen LogP) is 13.7. The maximum Gasteiger partial charge on any atom is 0.0433 e. The summed E-state index contributed by atoms with van der Waals surface area (Å²) < 4.78 is 2.70. The quantitative estimate of drug-likeness (QED) is 0.174. The Hall–Kier alpha value is -5.76. The number of thiophene rings is 1. The Bertz CT molecular complexity index is 2830. The third-order valence-corrected chi connectivity index (χ3v) is 11.1. The van der Waals surface area contributed by atoms with Crippen LogP contribution in [0.25, 0.3) is 96.6 Å². The van der Waals surface area contributed by atoms with Crippen LogP contribution in [0.15, 0.2) is 170 Å². The van der Waals surface area contributed by atoms with Crippen molar-refractivity contribution in [2.75, 3.05) is 0 Å². The zero-order valence-electron chi connectivity index (χ0n) is 25.6. The molecular weight excluding hydrogens is 585 g/mol. The first-order chi connectivity index (χ1) is 23.3. The molecule has 0 atom stereocenters. The molecule has 0 saturated heterocycles. The van der Waals surface area contributed by atoms with Crippen molar-refractivity contribution in [2.24, 2.45) is 0 Å². The molecule has 0 amide bonds. The lowest BCUT2D eigenvalue weighted by Crippen LogP contribution is -1.85. The van der Waals surface area contributed by atoms with Crippen molar-refractivity contribution in [2.45, 2.75) is 0 Å². The van der Waals surface area contributed by atoms with E-state index in [0.29, 0.717) is 0 Å². The van der Waals surface area contributed by atoms with Gasteiger partial charge in [0.2, 0.25) is 0 Å². The van der Waals surface area contributed by atoms with Gasteiger partial charge in [-0.25, -0.2) is 0 Å². The number of benzene rings is 9. The number of rotatable bonds is 3. The molecule has 47 heavy (non-hydrogen) atoms.